The monoisotopic (exact) mass is 229 g/mol. The Kier molecular flexibility index (Phi) is 2.40. The minimum absolute atomic E-state index is 0.714. The van der Waals surface area contributed by atoms with Crippen molar-refractivity contribution >= 4 is 0 Å². The van der Waals surface area contributed by atoms with E-state index < -0.39 is 0 Å². The molecule has 0 atom stereocenters. The fourth-order valence-electron chi connectivity index (χ4n) is 2.12. The van der Waals surface area contributed by atoms with Crippen LogP contribution in [0.2, 0.25) is 0 Å². The number of likely N-dealkylation sites (N-methyl/N-ethyl adjacent to an activating group) is 1. The summed E-state index contributed by atoms with van der Waals surface area (Å²) in [6.45, 7) is 1.98. The van der Waals surface area contributed by atoms with Crippen LogP contribution in [0.1, 0.15) is 11.3 Å². The number of aryl methyl sites for hydroxylation is 1. The predicted octanol–water partition coefficient (Wildman–Crippen LogP) is 0.865. The molecule has 2 aromatic heterocycles. The molecular weight excluding hydrogens is 214 g/mol. The Morgan fingerprint density at radius 3 is 2.88 bits per heavy atom. The molecule has 0 unspecified atom stereocenters. The summed E-state index contributed by atoms with van der Waals surface area (Å²) in [5, 5.41) is 0. The molecule has 0 saturated carbocycles. The molecular formula is C12H15N5. The average Bonchev–Trinajstić information content (AvgIpc) is 2.74. The van der Waals surface area contributed by atoms with Crippen LogP contribution < -0.4 is 0 Å². The zero-order valence-electron chi connectivity index (χ0n) is 10.1. The maximum atomic E-state index is 4.63. The first-order valence-electron chi connectivity index (χ1n) is 5.75. The lowest BCUT2D eigenvalue weighted by atomic mass is 10.1. The molecule has 5 heteroatoms. The van der Waals surface area contributed by atoms with Gasteiger partial charge in [-0.15, -0.1) is 0 Å². The summed E-state index contributed by atoms with van der Waals surface area (Å²) in [5.41, 5.74) is 2.40. The highest BCUT2D eigenvalue weighted by Gasteiger charge is 2.17. The van der Waals surface area contributed by atoms with Crippen LogP contribution in [0.25, 0.3) is 11.6 Å². The summed E-state index contributed by atoms with van der Waals surface area (Å²) < 4.78 is 1.94. The van der Waals surface area contributed by atoms with Gasteiger partial charge in [-0.3, -0.25) is 0 Å². The van der Waals surface area contributed by atoms with Crippen LogP contribution >= 0.6 is 0 Å². The fraction of sp³-hybridized carbons (Fsp3) is 0.417. The standard InChI is InChI=1S/C12H15N5/c1-16-5-3-9-7-14-11(15-10(9)8-16)12-13-4-6-17(12)2/h4,6-7H,3,5,8H2,1-2H3. The van der Waals surface area contributed by atoms with E-state index in [1.807, 2.05) is 24.0 Å². The smallest absolute Gasteiger partial charge is 0.196 e. The van der Waals surface area contributed by atoms with Gasteiger partial charge in [0.1, 0.15) is 0 Å². The summed E-state index contributed by atoms with van der Waals surface area (Å²) in [5.74, 6) is 1.53. The third-order valence-corrected chi connectivity index (χ3v) is 3.16. The number of aromatic nitrogens is 4. The van der Waals surface area contributed by atoms with Gasteiger partial charge >= 0.3 is 0 Å². The SMILES string of the molecule is CN1CCc2cnc(-c3nccn3C)nc2C1. The van der Waals surface area contributed by atoms with Gasteiger partial charge in [-0.2, -0.15) is 0 Å². The number of hydrogen-bond acceptors (Lipinski definition) is 4. The van der Waals surface area contributed by atoms with Gasteiger partial charge in [-0.05, 0) is 19.0 Å². The van der Waals surface area contributed by atoms with E-state index >= 15 is 0 Å². The largest absolute Gasteiger partial charge is 0.331 e. The Labute approximate surface area is 100 Å². The average molecular weight is 229 g/mol. The van der Waals surface area contributed by atoms with Crippen molar-refractivity contribution in [3.63, 3.8) is 0 Å². The van der Waals surface area contributed by atoms with E-state index in [-0.39, 0.29) is 0 Å². The molecule has 0 bridgehead atoms. The molecule has 88 valence electrons. The normalized spacial score (nSPS) is 15.9. The molecule has 0 aliphatic carbocycles. The van der Waals surface area contributed by atoms with Crippen LogP contribution in [-0.4, -0.2) is 38.0 Å². The molecule has 3 heterocycles. The molecule has 0 aromatic carbocycles. The van der Waals surface area contributed by atoms with Gasteiger partial charge in [0.05, 0.1) is 5.69 Å². The Morgan fingerprint density at radius 2 is 2.12 bits per heavy atom. The number of hydrogen-bond donors (Lipinski definition) is 0. The van der Waals surface area contributed by atoms with E-state index in [1.54, 1.807) is 6.20 Å². The quantitative estimate of drug-likeness (QED) is 0.728. The summed E-state index contributed by atoms with van der Waals surface area (Å²) >= 11 is 0. The van der Waals surface area contributed by atoms with E-state index in [0.29, 0.717) is 5.82 Å². The summed E-state index contributed by atoms with van der Waals surface area (Å²) in [7, 11) is 4.07. The third kappa shape index (κ3) is 1.82. The highest BCUT2D eigenvalue weighted by Crippen LogP contribution is 2.18. The zero-order chi connectivity index (χ0) is 11.8. The summed E-state index contributed by atoms with van der Waals surface area (Å²) in [6, 6.07) is 0. The Morgan fingerprint density at radius 1 is 1.24 bits per heavy atom. The fourth-order valence-corrected chi connectivity index (χ4v) is 2.12. The van der Waals surface area contributed by atoms with Crippen molar-refractivity contribution in [3.05, 3.63) is 29.8 Å². The Bertz CT molecular complexity index is 546. The van der Waals surface area contributed by atoms with Crippen LogP contribution in [0.4, 0.5) is 0 Å². The molecule has 0 saturated heterocycles. The topological polar surface area (TPSA) is 46.8 Å². The van der Waals surface area contributed by atoms with Gasteiger partial charge in [-0.25, -0.2) is 15.0 Å². The first-order chi connectivity index (χ1) is 8.24. The van der Waals surface area contributed by atoms with Gasteiger partial charge in [0.15, 0.2) is 11.6 Å². The minimum atomic E-state index is 0.714. The lowest BCUT2D eigenvalue weighted by Crippen LogP contribution is -2.27. The second kappa shape index (κ2) is 3.92. The molecule has 0 N–H and O–H groups in total. The number of fused-ring (bicyclic) bond motifs is 1. The molecule has 0 fully saturated rings. The van der Waals surface area contributed by atoms with Gasteiger partial charge in [0.2, 0.25) is 0 Å². The van der Waals surface area contributed by atoms with E-state index in [4.69, 9.17) is 0 Å². The second-order valence-corrected chi connectivity index (χ2v) is 4.52. The predicted molar refractivity (Wildman–Crippen MR) is 64.3 cm³/mol. The van der Waals surface area contributed by atoms with Crippen molar-refractivity contribution in [1.29, 1.82) is 0 Å². The maximum Gasteiger partial charge on any atom is 0.196 e. The van der Waals surface area contributed by atoms with Crippen molar-refractivity contribution in [2.45, 2.75) is 13.0 Å². The highest BCUT2D eigenvalue weighted by atomic mass is 15.1. The van der Waals surface area contributed by atoms with E-state index in [2.05, 4.69) is 26.9 Å². The van der Waals surface area contributed by atoms with E-state index in [9.17, 15) is 0 Å². The Hall–Kier alpha value is -1.75. The molecule has 0 amide bonds. The van der Waals surface area contributed by atoms with Crippen LogP contribution in [0, 0.1) is 0 Å². The molecule has 1 aliphatic rings. The first kappa shape index (κ1) is 10.4. The van der Waals surface area contributed by atoms with Crippen molar-refractivity contribution in [2.24, 2.45) is 7.05 Å². The van der Waals surface area contributed by atoms with Gasteiger partial charge in [0.25, 0.3) is 0 Å². The first-order valence-corrected chi connectivity index (χ1v) is 5.75. The van der Waals surface area contributed by atoms with E-state index in [1.165, 1.54) is 5.56 Å². The third-order valence-electron chi connectivity index (χ3n) is 3.16. The highest BCUT2D eigenvalue weighted by molar-refractivity contribution is 5.44. The molecule has 5 nitrogen and oxygen atoms in total. The van der Waals surface area contributed by atoms with Crippen LogP contribution in [0.5, 0.6) is 0 Å². The summed E-state index contributed by atoms with van der Waals surface area (Å²) in [4.78, 5) is 15.6. The minimum Gasteiger partial charge on any atom is -0.331 e. The Balaban J connectivity index is 2.04. The lowest BCUT2D eigenvalue weighted by molar-refractivity contribution is 0.307. The van der Waals surface area contributed by atoms with Crippen molar-refractivity contribution < 1.29 is 0 Å². The number of imidazole rings is 1. The van der Waals surface area contributed by atoms with Crippen molar-refractivity contribution in [1.82, 2.24) is 24.4 Å². The second-order valence-electron chi connectivity index (χ2n) is 4.52. The van der Waals surface area contributed by atoms with Crippen LogP contribution in [0.15, 0.2) is 18.6 Å². The molecule has 1 aliphatic heterocycles. The van der Waals surface area contributed by atoms with Crippen molar-refractivity contribution in [3.8, 4) is 11.6 Å². The van der Waals surface area contributed by atoms with Gasteiger partial charge in [0, 0.05) is 38.7 Å². The van der Waals surface area contributed by atoms with Crippen molar-refractivity contribution in [2.75, 3.05) is 13.6 Å². The number of nitrogens with zero attached hydrogens (tertiary/aromatic N) is 5. The van der Waals surface area contributed by atoms with Crippen LogP contribution in [0.3, 0.4) is 0 Å². The molecule has 3 rings (SSSR count). The molecule has 17 heavy (non-hydrogen) atoms. The maximum absolute atomic E-state index is 4.63. The van der Waals surface area contributed by atoms with Crippen LogP contribution in [-0.2, 0) is 20.0 Å². The van der Waals surface area contributed by atoms with Gasteiger partial charge in [-0.1, -0.05) is 0 Å². The lowest BCUT2D eigenvalue weighted by Gasteiger charge is -2.23. The summed E-state index contributed by atoms with van der Waals surface area (Å²) in [6.07, 6.45) is 6.65. The van der Waals surface area contributed by atoms with Gasteiger partial charge < -0.3 is 9.47 Å². The molecule has 0 spiro atoms. The van der Waals surface area contributed by atoms with E-state index in [0.717, 1.165) is 31.0 Å². The molecule has 2 aromatic rings. The zero-order valence-corrected chi connectivity index (χ0v) is 10.1. The molecule has 0 radical (unpaired) electrons. The number of rotatable bonds is 1.